The fourth-order valence-corrected chi connectivity index (χ4v) is 2.77. The van der Waals surface area contributed by atoms with Crippen LogP contribution in [-0.4, -0.2) is 35.2 Å². The molecule has 0 radical (unpaired) electrons. The Morgan fingerprint density at radius 3 is 2.56 bits per heavy atom. The first kappa shape index (κ1) is 18.8. The molecule has 1 aliphatic rings. The minimum absolute atomic E-state index is 0.0219. The Hall–Kier alpha value is -2.57. The molecule has 0 saturated heterocycles. The molecule has 0 aromatic heterocycles. The van der Waals surface area contributed by atoms with Crippen molar-refractivity contribution in [2.24, 2.45) is 0 Å². The van der Waals surface area contributed by atoms with Gasteiger partial charge in [0.1, 0.15) is 11.3 Å². The van der Waals surface area contributed by atoms with Crippen molar-refractivity contribution < 1.29 is 24.2 Å². The van der Waals surface area contributed by atoms with Gasteiger partial charge in [-0.15, -0.1) is 0 Å². The lowest BCUT2D eigenvalue weighted by molar-refractivity contribution is -0.127. The molecule has 136 valence electrons. The van der Waals surface area contributed by atoms with Crippen molar-refractivity contribution in [3.05, 3.63) is 29.3 Å². The summed E-state index contributed by atoms with van der Waals surface area (Å²) < 4.78 is 5.03. The minimum atomic E-state index is -1.16. The second-order valence-corrected chi connectivity index (χ2v) is 6.37. The van der Waals surface area contributed by atoms with E-state index in [1.54, 1.807) is 13.0 Å². The van der Waals surface area contributed by atoms with E-state index in [-0.39, 0.29) is 17.4 Å². The molecule has 0 heterocycles. The molecule has 1 unspecified atom stereocenters. The SMILES string of the molecule is Cc1ccc(O)c(C(=O)OC(C)C(=O)NC(=O)NC2CCCCC2)c1. The van der Waals surface area contributed by atoms with Crippen LogP contribution in [0.15, 0.2) is 18.2 Å². The Labute approximate surface area is 146 Å². The number of aryl methyl sites for hydroxylation is 1. The van der Waals surface area contributed by atoms with Crippen molar-refractivity contribution in [2.75, 3.05) is 0 Å². The van der Waals surface area contributed by atoms with Gasteiger partial charge in [-0.05, 0) is 38.8 Å². The number of imide groups is 1. The zero-order chi connectivity index (χ0) is 18.4. The normalized spacial score (nSPS) is 15.9. The van der Waals surface area contributed by atoms with E-state index in [9.17, 15) is 19.5 Å². The third-order valence-corrected chi connectivity index (χ3v) is 4.20. The molecule has 3 amide bonds. The molecule has 0 aliphatic heterocycles. The van der Waals surface area contributed by atoms with Crippen molar-refractivity contribution in [1.29, 1.82) is 0 Å². The highest BCUT2D eigenvalue weighted by molar-refractivity contribution is 5.99. The van der Waals surface area contributed by atoms with Crippen LogP contribution in [0.4, 0.5) is 4.79 Å². The summed E-state index contributed by atoms with van der Waals surface area (Å²) in [6.45, 7) is 3.13. The van der Waals surface area contributed by atoms with E-state index in [1.165, 1.54) is 19.1 Å². The monoisotopic (exact) mass is 348 g/mol. The van der Waals surface area contributed by atoms with Gasteiger partial charge in [0.05, 0.1) is 0 Å². The lowest BCUT2D eigenvalue weighted by Crippen LogP contribution is -2.48. The fraction of sp³-hybridized carbons (Fsp3) is 0.500. The maximum atomic E-state index is 12.1. The predicted molar refractivity (Wildman–Crippen MR) is 91.3 cm³/mol. The van der Waals surface area contributed by atoms with E-state index in [2.05, 4.69) is 10.6 Å². The molecule has 1 aromatic rings. The molecule has 7 nitrogen and oxygen atoms in total. The summed E-state index contributed by atoms with van der Waals surface area (Å²) >= 11 is 0. The number of aromatic hydroxyl groups is 1. The fourth-order valence-electron chi connectivity index (χ4n) is 2.77. The largest absolute Gasteiger partial charge is 0.507 e. The van der Waals surface area contributed by atoms with Crippen LogP contribution >= 0.6 is 0 Å². The molecule has 1 atom stereocenters. The Bertz CT molecular complexity index is 653. The van der Waals surface area contributed by atoms with Crippen molar-refractivity contribution in [3.8, 4) is 5.75 Å². The quantitative estimate of drug-likeness (QED) is 0.725. The summed E-state index contributed by atoms with van der Waals surface area (Å²) in [4.78, 5) is 35.9. The van der Waals surface area contributed by atoms with Gasteiger partial charge >= 0.3 is 12.0 Å². The molecule has 3 N–H and O–H groups in total. The summed E-state index contributed by atoms with van der Waals surface area (Å²) in [5, 5.41) is 14.7. The average Bonchev–Trinajstić information content (AvgIpc) is 2.57. The Morgan fingerprint density at radius 1 is 1.20 bits per heavy atom. The van der Waals surface area contributed by atoms with Gasteiger partial charge in [-0.2, -0.15) is 0 Å². The van der Waals surface area contributed by atoms with E-state index in [0.717, 1.165) is 37.7 Å². The van der Waals surface area contributed by atoms with Crippen molar-refractivity contribution in [1.82, 2.24) is 10.6 Å². The molecule has 25 heavy (non-hydrogen) atoms. The van der Waals surface area contributed by atoms with Crippen LogP contribution < -0.4 is 10.6 Å². The molecule has 1 fully saturated rings. The third kappa shape index (κ3) is 5.48. The minimum Gasteiger partial charge on any atom is -0.507 e. The van der Waals surface area contributed by atoms with E-state index in [0.29, 0.717) is 0 Å². The number of phenols is 1. The lowest BCUT2D eigenvalue weighted by Gasteiger charge is -2.23. The highest BCUT2D eigenvalue weighted by Crippen LogP contribution is 2.20. The highest BCUT2D eigenvalue weighted by Gasteiger charge is 2.23. The van der Waals surface area contributed by atoms with Crippen molar-refractivity contribution in [3.63, 3.8) is 0 Å². The third-order valence-electron chi connectivity index (χ3n) is 4.20. The molecular formula is C18H24N2O5. The zero-order valence-corrected chi connectivity index (χ0v) is 14.5. The number of esters is 1. The van der Waals surface area contributed by atoms with Gasteiger partial charge < -0.3 is 15.2 Å². The van der Waals surface area contributed by atoms with E-state index < -0.39 is 24.0 Å². The predicted octanol–water partition coefficient (Wildman–Crippen LogP) is 2.40. The van der Waals surface area contributed by atoms with E-state index in [1.807, 2.05) is 0 Å². The molecule has 1 aromatic carbocycles. The van der Waals surface area contributed by atoms with Gasteiger partial charge in [-0.25, -0.2) is 9.59 Å². The van der Waals surface area contributed by atoms with Crippen LogP contribution in [0, 0.1) is 6.92 Å². The maximum Gasteiger partial charge on any atom is 0.342 e. The zero-order valence-electron chi connectivity index (χ0n) is 14.5. The molecule has 0 bridgehead atoms. The molecule has 0 spiro atoms. The van der Waals surface area contributed by atoms with Crippen molar-refractivity contribution in [2.45, 2.75) is 58.1 Å². The molecule has 7 heteroatoms. The number of hydrogen-bond acceptors (Lipinski definition) is 5. The number of nitrogens with one attached hydrogen (secondary N) is 2. The first-order valence-electron chi connectivity index (χ1n) is 8.49. The summed E-state index contributed by atoms with van der Waals surface area (Å²) in [5.41, 5.74) is 0.750. The van der Waals surface area contributed by atoms with Crippen LogP contribution in [0.2, 0.25) is 0 Å². The van der Waals surface area contributed by atoms with Crippen LogP contribution in [0.1, 0.15) is 54.9 Å². The van der Waals surface area contributed by atoms with Gasteiger partial charge in [0.2, 0.25) is 0 Å². The second-order valence-electron chi connectivity index (χ2n) is 6.37. The summed E-state index contributed by atoms with van der Waals surface area (Å²) in [6, 6.07) is 3.99. The van der Waals surface area contributed by atoms with Crippen LogP contribution in [0.25, 0.3) is 0 Å². The Morgan fingerprint density at radius 2 is 1.88 bits per heavy atom. The van der Waals surface area contributed by atoms with Gasteiger partial charge in [0.15, 0.2) is 6.10 Å². The smallest absolute Gasteiger partial charge is 0.342 e. The standard InChI is InChI=1S/C18H24N2O5/c1-11-8-9-15(21)14(10-11)17(23)25-12(2)16(22)20-18(24)19-13-6-4-3-5-7-13/h8-10,12-13,21H,3-7H2,1-2H3,(H2,19,20,22,24). The Balaban J connectivity index is 1.85. The molecule has 1 aliphatic carbocycles. The summed E-state index contributed by atoms with van der Waals surface area (Å²) in [5.74, 6) is -1.76. The first-order valence-corrected chi connectivity index (χ1v) is 8.49. The van der Waals surface area contributed by atoms with E-state index >= 15 is 0 Å². The number of hydrogen-bond donors (Lipinski definition) is 3. The first-order chi connectivity index (χ1) is 11.9. The molecule has 1 saturated carbocycles. The van der Waals surface area contributed by atoms with Gasteiger partial charge in [0.25, 0.3) is 5.91 Å². The average molecular weight is 348 g/mol. The maximum absolute atomic E-state index is 12.1. The summed E-state index contributed by atoms with van der Waals surface area (Å²) in [6.07, 6.45) is 3.93. The number of rotatable bonds is 4. The lowest BCUT2D eigenvalue weighted by atomic mass is 9.96. The number of carbonyl (C=O) groups excluding carboxylic acids is 3. The topological polar surface area (TPSA) is 105 Å². The van der Waals surface area contributed by atoms with Gasteiger partial charge in [0, 0.05) is 6.04 Å². The second kappa shape index (κ2) is 8.50. The van der Waals surface area contributed by atoms with Gasteiger partial charge in [-0.1, -0.05) is 30.9 Å². The van der Waals surface area contributed by atoms with Crippen LogP contribution in [0.3, 0.4) is 0 Å². The Kier molecular flexibility index (Phi) is 6.38. The van der Waals surface area contributed by atoms with Crippen molar-refractivity contribution >= 4 is 17.9 Å². The number of benzene rings is 1. The van der Waals surface area contributed by atoms with E-state index in [4.69, 9.17) is 4.74 Å². The number of amides is 3. The van der Waals surface area contributed by atoms with Crippen LogP contribution in [0.5, 0.6) is 5.75 Å². The number of ether oxygens (including phenoxy) is 1. The summed E-state index contributed by atoms with van der Waals surface area (Å²) in [7, 11) is 0. The number of carbonyl (C=O) groups is 3. The molecular weight excluding hydrogens is 324 g/mol. The highest BCUT2D eigenvalue weighted by atomic mass is 16.5. The van der Waals surface area contributed by atoms with Gasteiger partial charge in [-0.3, -0.25) is 10.1 Å². The number of phenolic OH excluding ortho intramolecular Hbond substituents is 1. The van der Waals surface area contributed by atoms with Crippen LogP contribution in [-0.2, 0) is 9.53 Å². The number of urea groups is 1. The molecule has 2 rings (SSSR count).